The van der Waals surface area contributed by atoms with E-state index in [4.69, 9.17) is 10.2 Å². The van der Waals surface area contributed by atoms with Gasteiger partial charge in [-0.05, 0) is 11.1 Å². The summed E-state index contributed by atoms with van der Waals surface area (Å²) in [6.45, 7) is 0.138. The van der Waals surface area contributed by atoms with Crippen molar-refractivity contribution in [3.63, 3.8) is 0 Å². The van der Waals surface area contributed by atoms with Gasteiger partial charge in [0.15, 0.2) is 0 Å². The molecular weight excluding hydrogens is 312 g/mol. The molecular formula is C16H18N4O4. The summed E-state index contributed by atoms with van der Waals surface area (Å²) >= 11 is 0. The lowest BCUT2D eigenvalue weighted by molar-refractivity contribution is -0.129. The topological polar surface area (TPSA) is 106 Å². The number of nitrogens with zero attached hydrogens (tertiary/aromatic N) is 4. The third kappa shape index (κ3) is 3.19. The van der Waals surface area contributed by atoms with Crippen LogP contribution in [0, 0.1) is 0 Å². The maximum atomic E-state index is 11.8. The van der Waals surface area contributed by atoms with Crippen molar-refractivity contribution in [3.8, 4) is 0 Å². The Morgan fingerprint density at radius 1 is 0.792 bits per heavy atom. The van der Waals surface area contributed by atoms with Gasteiger partial charge in [0.25, 0.3) is 0 Å². The quantitative estimate of drug-likeness (QED) is 0.736. The summed E-state index contributed by atoms with van der Waals surface area (Å²) in [5.41, 5.74) is 2.96. The highest BCUT2D eigenvalue weighted by Gasteiger charge is 2.26. The molecule has 2 heterocycles. The highest BCUT2D eigenvalue weighted by atomic mass is 16.3. The zero-order valence-corrected chi connectivity index (χ0v) is 13.1. The van der Waals surface area contributed by atoms with Gasteiger partial charge >= 0.3 is 0 Å². The number of aliphatic hydroxyl groups excluding tert-OH is 2. The number of hydrogen-bond acceptors (Lipinski definition) is 6. The van der Waals surface area contributed by atoms with Crippen molar-refractivity contribution in [2.24, 2.45) is 10.2 Å². The summed E-state index contributed by atoms with van der Waals surface area (Å²) in [7, 11) is 0. The summed E-state index contributed by atoms with van der Waals surface area (Å²) in [4.78, 5) is 23.6. The summed E-state index contributed by atoms with van der Waals surface area (Å²) in [5, 5.41) is 28.8. The van der Waals surface area contributed by atoms with Crippen LogP contribution in [0.15, 0.2) is 34.5 Å². The molecule has 2 aliphatic heterocycles. The lowest BCUT2D eigenvalue weighted by Gasteiger charge is -2.08. The average Bonchev–Trinajstić information content (AvgIpc) is 3.12. The molecule has 0 saturated heterocycles. The lowest BCUT2D eigenvalue weighted by Crippen LogP contribution is -2.23. The van der Waals surface area contributed by atoms with E-state index in [2.05, 4.69) is 10.2 Å². The third-order valence-corrected chi connectivity index (χ3v) is 3.87. The first-order valence-electron chi connectivity index (χ1n) is 7.70. The van der Waals surface area contributed by atoms with Crippen LogP contribution in [0.5, 0.6) is 0 Å². The molecule has 2 aliphatic rings. The van der Waals surface area contributed by atoms with Crippen LogP contribution in [0.4, 0.5) is 0 Å². The smallest absolute Gasteiger partial charge is 0.248 e. The Labute approximate surface area is 138 Å². The third-order valence-electron chi connectivity index (χ3n) is 3.87. The Kier molecular flexibility index (Phi) is 4.68. The molecule has 24 heavy (non-hydrogen) atoms. The monoisotopic (exact) mass is 330 g/mol. The maximum absolute atomic E-state index is 11.8. The first-order valence-corrected chi connectivity index (χ1v) is 7.70. The van der Waals surface area contributed by atoms with Gasteiger partial charge in [0.2, 0.25) is 11.8 Å². The summed E-state index contributed by atoms with van der Waals surface area (Å²) in [6.07, 6.45) is 0.423. The molecule has 8 heteroatoms. The van der Waals surface area contributed by atoms with Crippen molar-refractivity contribution in [2.75, 3.05) is 26.3 Å². The summed E-state index contributed by atoms with van der Waals surface area (Å²) in [6, 6.07) is 7.36. The fourth-order valence-corrected chi connectivity index (χ4v) is 2.66. The molecule has 3 rings (SSSR count). The first-order chi connectivity index (χ1) is 11.6. The predicted octanol–water partition coefficient (Wildman–Crippen LogP) is -0.456. The van der Waals surface area contributed by atoms with Crippen LogP contribution in [0.1, 0.15) is 24.0 Å². The van der Waals surface area contributed by atoms with Crippen molar-refractivity contribution in [1.82, 2.24) is 10.0 Å². The zero-order chi connectivity index (χ0) is 17.1. The molecule has 0 bridgehead atoms. The van der Waals surface area contributed by atoms with Crippen molar-refractivity contribution >= 4 is 23.2 Å². The van der Waals surface area contributed by atoms with Crippen molar-refractivity contribution in [2.45, 2.75) is 12.8 Å². The molecule has 2 N–H and O–H groups in total. The zero-order valence-electron chi connectivity index (χ0n) is 13.1. The van der Waals surface area contributed by atoms with Crippen molar-refractivity contribution in [1.29, 1.82) is 0 Å². The van der Waals surface area contributed by atoms with Crippen LogP contribution >= 0.6 is 0 Å². The molecule has 2 amide bonds. The van der Waals surface area contributed by atoms with Gasteiger partial charge in [-0.3, -0.25) is 9.59 Å². The maximum Gasteiger partial charge on any atom is 0.248 e. The molecule has 1 aromatic carbocycles. The lowest BCUT2D eigenvalue weighted by atomic mass is 10.0. The van der Waals surface area contributed by atoms with Crippen molar-refractivity contribution < 1.29 is 19.8 Å². The number of carbonyl (C=O) groups excluding carboxylic acids is 2. The molecule has 0 radical (unpaired) electrons. The fraction of sp³-hybridized carbons (Fsp3) is 0.375. The van der Waals surface area contributed by atoms with Gasteiger partial charge in [0.1, 0.15) is 0 Å². The predicted molar refractivity (Wildman–Crippen MR) is 86.3 cm³/mol. The molecule has 1 aromatic rings. The number of β-amino-alcohol motifs (C(OH)–C–C–N with tert-alkyl or cyclic N) is 2. The SMILES string of the molecule is O=C1CC(c2ccc(C3=NN(CCO)C(=O)C3)cc2)=NN1CCO. The van der Waals surface area contributed by atoms with Gasteiger partial charge < -0.3 is 10.2 Å². The van der Waals surface area contributed by atoms with Crippen molar-refractivity contribution in [3.05, 3.63) is 35.4 Å². The molecule has 8 nitrogen and oxygen atoms in total. The molecule has 0 unspecified atom stereocenters. The van der Waals surface area contributed by atoms with Gasteiger partial charge in [-0.1, -0.05) is 24.3 Å². The van der Waals surface area contributed by atoms with Gasteiger partial charge in [0, 0.05) is 0 Å². The van der Waals surface area contributed by atoms with Gasteiger partial charge in [-0.2, -0.15) is 10.2 Å². The van der Waals surface area contributed by atoms with Crippen LogP contribution < -0.4 is 0 Å². The van der Waals surface area contributed by atoms with E-state index in [1.54, 1.807) is 0 Å². The standard InChI is InChI=1S/C16H18N4O4/c21-7-5-19-15(23)9-13(17-19)11-1-2-12(4-3-11)14-10-16(24)20(18-14)6-8-22/h1-4,21-22H,5-10H2. The van der Waals surface area contributed by atoms with Crippen LogP contribution in [0.2, 0.25) is 0 Å². The van der Waals surface area contributed by atoms with E-state index < -0.39 is 0 Å². The second-order valence-electron chi connectivity index (χ2n) is 5.51. The van der Waals surface area contributed by atoms with Crippen LogP contribution in [0.3, 0.4) is 0 Å². The van der Waals surface area contributed by atoms with E-state index >= 15 is 0 Å². The summed E-state index contributed by atoms with van der Waals surface area (Å²) in [5.74, 6) is -0.262. The Balaban J connectivity index is 1.75. The second-order valence-corrected chi connectivity index (χ2v) is 5.51. The molecule has 0 saturated carbocycles. The minimum atomic E-state index is -0.131. The highest BCUT2D eigenvalue weighted by Crippen LogP contribution is 2.18. The molecule has 0 fully saturated rings. The second kappa shape index (κ2) is 6.90. The number of carbonyl (C=O) groups is 2. The number of benzene rings is 1. The number of hydrogen-bond donors (Lipinski definition) is 2. The van der Waals surface area contributed by atoms with E-state index in [0.717, 1.165) is 11.1 Å². The fourth-order valence-electron chi connectivity index (χ4n) is 2.66. The van der Waals surface area contributed by atoms with Gasteiger partial charge in [0.05, 0.1) is 50.6 Å². The Hall–Kier alpha value is -2.58. The molecule has 0 aliphatic carbocycles. The molecule has 126 valence electrons. The normalized spacial score (nSPS) is 17.6. The summed E-state index contributed by atoms with van der Waals surface area (Å²) < 4.78 is 0. The minimum absolute atomic E-state index is 0.125. The number of aliphatic hydroxyl groups is 2. The number of amides is 2. The van der Waals surface area contributed by atoms with Crippen LogP contribution in [0.25, 0.3) is 0 Å². The van der Waals surface area contributed by atoms with Crippen LogP contribution in [-0.4, -0.2) is 69.8 Å². The van der Waals surface area contributed by atoms with Gasteiger partial charge in [-0.25, -0.2) is 10.0 Å². The van der Waals surface area contributed by atoms with Gasteiger partial charge in [-0.15, -0.1) is 0 Å². The van der Waals surface area contributed by atoms with E-state index in [9.17, 15) is 9.59 Å². The Morgan fingerprint density at radius 2 is 1.17 bits per heavy atom. The Morgan fingerprint density at radius 3 is 1.50 bits per heavy atom. The minimum Gasteiger partial charge on any atom is -0.394 e. The van der Waals surface area contributed by atoms with E-state index in [-0.39, 0.29) is 51.0 Å². The molecule has 0 aromatic heterocycles. The average molecular weight is 330 g/mol. The highest BCUT2D eigenvalue weighted by molar-refractivity contribution is 6.15. The van der Waals surface area contributed by atoms with Crippen LogP contribution in [-0.2, 0) is 9.59 Å². The Bertz CT molecular complexity index is 650. The largest absolute Gasteiger partial charge is 0.394 e. The molecule has 0 atom stereocenters. The first kappa shape index (κ1) is 16.3. The molecule has 0 spiro atoms. The van der Waals surface area contributed by atoms with E-state index in [0.29, 0.717) is 11.4 Å². The number of rotatable bonds is 6. The number of hydrazone groups is 2. The van der Waals surface area contributed by atoms with E-state index in [1.165, 1.54) is 10.0 Å². The van der Waals surface area contributed by atoms with E-state index in [1.807, 2.05) is 24.3 Å².